The smallest absolute Gasteiger partial charge is 0.247 e. The molecule has 1 saturated heterocycles. The third-order valence-corrected chi connectivity index (χ3v) is 4.21. The summed E-state index contributed by atoms with van der Waals surface area (Å²) in [5, 5.41) is 38.7. The van der Waals surface area contributed by atoms with Crippen LogP contribution in [0.2, 0.25) is 0 Å². The number of aromatic nitrogens is 4. The number of hydrogen-bond acceptors (Lipinski definition) is 10. The number of aliphatic hydroxyl groups is 3. The molecule has 0 bridgehead atoms. The number of nitrogens with zero attached hydrogens (tertiary/aromatic N) is 4. The van der Waals surface area contributed by atoms with E-state index in [4.69, 9.17) is 15.2 Å². The first-order valence-electron chi connectivity index (χ1n) is 8.04. The van der Waals surface area contributed by atoms with Crippen LogP contribution in [0.25, 0.3) is 11.2 Å². The Kier molecular flexibility index (Phi) is 4.28. The van der Waals surface area contributed by atoms with E-state index >= 15 is 0 Å². The summed E-state index contributed by atoms with van der Waals surface area (Å²) in [7, 11) is 0. The normalized spacial score (nSPS) is 25.1. The molecule has 3 heterocycles. The van der Waals surface area contributed by atoms with Gasteiger partial charge in [0.15, 0.2) is 23.7 Å². The lowest BCUT2D eigenvalue weighted by molar-refractivity contribution is -0.141. The van der Waals surface area contributed by atoms with Crippen LogP contribution in [0.1, 0.15) is 11.8 Å². The van der Waals surface area contributed by atoms with Crippen molar-refractivity contribution in [3.63, 3.8) is 0 Å². The summed E-state index contributed by atoms with van der Waals surface area (Å²) in [6, 6.07) is 6.46. The minimum absolute atomic E-state index is 0.0847. The molecule has 1 aromatic carbocycles. The molecule has 142 valence electrons. The first-order valence-corrected chi connectivity index (χ1v) is 8.04. The lowest BCUT2D eigenvalue weighted by Crippen LogP contribution is -2.31. The number of nitrogen functional groups attached to an aromatic ring is 1. The van der Waals surface area contributed by atoms with Crippen LogP contribution in [-0.2, 0) is 11.3 Å². The van der Waals surface area contributed by atoms with Crippen LogP contribution in [0.5, 0.6) is 11.6 Å². The van der Waals surface area contributed by atoms with Crippen LogP contribution in [0.3, 0.4) is 0 Å². The number of fused-ring (bicyclic) bond motifs is 1. The predicted octanol–water partition coefficient (Wildman–Crippen LogP) is -0.738. The van der Waals surface area contributed by atoms with Gasteiger partial charge in [0.25, 0.3) is 0 Å². The van der Waals surface area contributed by atoms with Crippen LogP contribution in [0, 0.1) is 0 Å². The highest BCUT2D eigenvalue weighted by Gasteiger charge is 2.43. The predicted molar refractivity (Wildman–Crippen MR) is 90.3 cm³/mol. The van der Waals surface area contributed by atoms with Crippen LogP contribution < -0.4 is 10.5 Å². The Morgan fingerprint density at radius 2 is 1.85 bits per heavy atom. The molecule has 1 aliphatic rings. The van der Waals surface area contributed by atoms with Crippen molar-refractivity contribution >= 4 is 17.1 Å². The molecule has 4 unspecified atom stereocenters. The lowest BCUT2D eigenvalue weighted by atomic mass is 10.2. The number of ether oxygens (including phenoxy) is 2. The second-order valence-corrected chi connectivity index (χ2v) is 6.06. The summed E-state index contributed by atoms with van der Waals surface area (Å²) >= 11 is 0. The number of aliphatic hydroxyl groups excluding tert-OH is 3. The molecule has 0 aliphatic carbocycles. The Labute approximate surface area is 152 Å². The van der Waals surface area contributed by atoms with Crippen molar-refractivity contribution in [1.29, 1.82) is 0 Å². The van der Waals surface area contributed by atoms with E-state index in [0.717, 1.165) is 5.56 Å². The van der Waals surface area contributed by atoms with Gasteiger partial charge in [-0.2, -0.15) is 9.97 Å². The number of benzene rings is 1. The van der Waals surface area contributed by atoms with Gasteiger partial charge in [0.1, 0.15) is 24.6 Å². The highest BCUT2D eigenvalue weighted by molar-refractivity contribution is 5.77. The zero-order valence-corrected chi connectivity index (χ0v) is 13.9. The van der Waals surface area contributed by atoms with E-state index in [2.05, 4.69) is 15.0 Å². The fourth-order valence-corrected chi connectivity index (χ4v) is 2.81. The van der Waals surface area contributed by atoms with Crippen LogP contribution in [0.15, 0.2) is 30.6 Å². The summed E-state index contributed by atoms with van der Waals surface area (Å²) in [4.78, 5) is 12.3. The number of anilines is 1. The largest absolute Gasteiger partial charge is 0.508 e. The SMILES string of the molecule is Nc1nc(OCc2ccc(O)cc2)c2ncn(C3OC(O)C(O)C3O)c2n1. The number of aromatic hydroxyl groups is 1. The maximum absolute atomic E-state index is 10.1. The first kappa shape index (κ1) is 17.4. The second-order valence-electron chi connectivity index (χ2n) is 6.06. The van der Waals surface area contributed by atoms with E-state index in [1.165, 1.54) is 23.0 Å². The average Bonchev–Trinajstić information content (AvgIpc) is 3.17. The van der Waals surface area contributed by atoms with Crippen molar-refractivity contribution in [3.05, 3.63) is 36.2 Å². The number of nitrogens with two attached hydrogens (primary N) is 1. The molecule has 0 saturated carbocycles. The number of rotatable bonds is 4. The second kappa shape index (κ2) is 6.63. The van der Waals surface area contributed by atoms with Crippen LogP contribution in [0.4, 0.5) is 5.95 Å². The molecule has 27 heavy (non-hydrogen) atoms. The van der Waals surface area contributed by atoms with Crippen molar-refractivity contribution < 1.29 is 29.9 Å². The highest BCUT2D eigenvalue weighted by atomic mass is 16.7. The van der Waals surface area contributed by atoms with Gasteiger partial charge >= 0.3 is 0 Å². The topological polar surface area (TPSA) is 169 Å². The standard InChI is InChI=1S/C16H17N5O6/c17-16-19-12-9(13(20-16)26-5-7-1-3-8(22)4-2-7)18-6-21(12)14-10(23)11(24)15(25)27-14/h1-4,6,10-11,14-15,22-25H,5H2,(H2,17,19,20). The Bertz CT molecular complexity index is 962. The summed E-state index contributed by atoms with van der Waals surface area (Å²) < 4.78 is 12.2. The molecule has 4 rings (SSSR count). The molecule has 11 heteroatoms. The van der Waals surface area contributed by atoms with Gasteiger partial charge < -0.3 is 35.6 Å². The molecule has 0 radical (unpaired) electrons. The van der Waals surface area contributed by atoms with E-state index in [0.29, 0.717) is 0 Å². The van der Waals surface area contributed by atoms with E-state index in [9.17, 15) is 20.4 Å². The molecule has 1 fully saturated rings. The van der Waals surface area contributed by atoms with Crippen molar-refractivity contribution in [1.82, 2.24) is 19.5 Å². The van der Waals surface area contributed by atoms with Gasteiger partial charge in [-0.15, -0.1) is 0 Å². The molecule has 2 aromatic heterocycles. The summed E-state index contributed by atoms with van der Waals surface area (Å²) in [6.45, 7) is 0.151. The maximum atomic E-state index is 10.1. The van der Waals surface area contributed by atoms with Gasteiger partial charge in [0.2, 0.25) is 11.8 Å². The molecule has 0 spiro atoms. The van der Waals surface area contributed by atoms with Crippen molar-refractivity contribution in [3.8, 4) is 11.6 Å². The molecular weight excluding hydrogens is 358 g/mol. The van der Waals surface area contributed by atoms with Gasteiger partial charge in [-0.1, -0.05) is 12.1 Å². The Balaban J connectivity index is 1.65. The summed E-state index contributed by atoms with van der Waals surface area (Å²) in [6.07, 6.45) is -4.15. The van der Waals surface area contributed by atoms with Gasteiger partial charge in [0, 0.05) is 0 Å². The highest BCUT2D eigenvalue weighted by Crippen LogP contribution is 2.32. The third-order valence-electron chi connectivity index (χ3n) is 4.21. The van der Waals surface area contributed by atoms with E-state index in [1.807, 2.05) is 0 Å². The molecule has 4 atom stereocenters. The van der Waals surface area contributed by atoms with Crippen molar-refractivity contribution in [2.75, 3.05) is 5.73 Å². The molecule has 6 N–H and O–H groups in total. The monoisotopic (exact) mass is 375 g/mol. The number of imidazole rings is 1. The van der Waals surface area contributed by atoms with E-state index in [-0.39, 0.29) is 35.3 Å². The van der Waals surface area contributed by atoms with Crippen molar-refractivity contribution in [2.45, 2.75) is 31.3 Å². The fraction of sp³-hybridized carbons (Fsp3) is 0.312. The van der Waals surface area contributed by atoms with Crippen LogP contribution >= 0.6 is 0 Å². The molecule has 11 nitrogen and oxygen atoms in total. The number of hydrogen-bond donors (Lipinski definition) is 5. The molecule has 3 aromatic rings. The fourth-order valence-electron chi connectivity index (χ4n) is 2.81. The minimum Gasteiger partial charge on any atom is -0.508 e. The zero-order valence-electron chi connectivity index (χ0n) is 13.9. The Hall–Kier alpha value is -2.99. The van der Waals surface area contributed by atoms with Crippen LogP contribution in [-0.4, -0.2) is 58.4 Å². The molecule has 1 aliphatic heterocycles. The first-order chi connectivity index (χ1) is 12.9. The molecular formula is C16H17N5O6. The average molecular weight is 375 g/mol. The van der Waals surface area contributed by atoms with Gasteiger partial charge in [0.05, 0.1) is 6.33 Å². The number of phenols is 1. The minimum atomic E-state index is -1.54. The Morgan fingerprint density at radius 3 is 2.52 bits per heavy atom. The lowest BCUT2D eigenvalue weighted by Gasteiger charge is -2.16. The summed E-state index contributed by atoms with van der Waals surface area (Å²) in [5.41, 5.74) is 7.03. The Morgan fingerprint density at radius 1 is 1.11 bits per heavy atom. The van der Waals surface area contributed by atoms with Gasteiger partial charge in [-0.05, 0) is 17.7 Å². The maximum Gasteiger partial charge on any atom is 0.247 e. The molecule has 0 amide bonds. The number of phenolic OH excluding ortho intramolecular Hbond substituents is 1. The quantitative estimate of drug-likeness (QED) is 0.391. The van der Waals surface area contributed by atoms with E-state index < -0.39 is 24.7 Å². The van der Waals surface area contributed by atoms with Gasteiger partial charge in [-0.25, -0.2) is 4.98 Å². The third kappa shape index (κ3) is 3.13. The zero-order chi connectivity index (χ0) is 19.1. The van der Waals surface area contributed by atoms with Gasteiger partial charge in [-0.3, -0.25) is 4.57 Å². The van der Waals surface area contributed by atoms with Crippen molar-refractivity contribution in [2.24, 2.45) is 0 Å². The summed E-state index contributed by atoms with van der Waals surface area (Å²) in [5.74, 6) is 0.183. The van der Waals surface area contributed by atoms with E-state index in [1.54, 1.807) is 12.1 Å².